The molecule has 0 spiro atoms. The molecule has 2 aromatic rings. The van der Waals surface area contributed by atoms with Crippen molar-refractivity contribution in [3.8, 4) is 5.40 Å². The molecule has 2 heterocycles. The van der Waals surface area contributed by atoms with Gasteiger partial charge in [-0.05, 0) is 60.7 Å². The van der Waals surface area contributed by atoms with Crippen LogP contribution in [0.2, 0.25) is 0 Å². The molecule has 12 nitrogen and oxygen atoms in total. The van der Waals surface area contributed by atoms with Gasteiger partial charge in [-0.3, -0.25) is 14.6 Å². The quantitative estimate of drug-likeness (QED) is 0.0849. The van der Waals surface area contributed by atoms with E-state index >= 15 is 0 Å². The number of carbonyl (C=O) groups is 1. The summed E-state index contributed by atoms with van der Waals surface area (Å²) in [6.07, 6.45) is 4.43. The third-order valence-corrected chi connectivity index (χ3v) is 8.53. The molecule has 0 unspecified atom stereocenters. The van der Waals surface area contributed by atoms with Gasteiger partial charge in [-0.2, -0.15) is 17.0 Å². The number of unbranched alkanes of at least 4 members (excludes halogenated alkanes) is 2. The summed E-state index contributed by atoms with van der Waals surface area (Å²) in [5, 5.41) is 29.3. The number of nitriles is 1. The second-order valence-electron chi connectivity index (χ2n) is 10.4. The largest absolute Gasteiger partial charge is 0.477 e. The molecule has 0 aromatic carbocycles. The highest BCUT2D eigenvalue weighted by Crippen LogP contribution is 2.10. The van der Waals surface area contributed by atoms with Gasteiger partial charge in [0.25, 0.3) is 0 Å². The van der Waals surface area contributed by atoms with Gasteiger partial charge < -0.3 is 29.4 Å². The first-order valence-corrected chi connectivity index (χ1v) is 17.9. The van der Waals surface area contributed by atoms with E-state index in [2.05, 4.69) is 20.3 Å². The van der Waals surface area contributed by atoms with E-state index in [-0.39, 0.29) is 17.9 Å². The molecule has 2 rings (SSSR count). The molecule has 256 valence electrons. The average Bonchev–Trinajstić information content (AvgIpc) is 3.04. The van der Waals surface area contributed by atoms with Crippen LogP contribution in [0, 0.1) is 10.7 Å². The molecule has 3 N–H and O–H groups in total. The van der Waals surface area contributed by atoms with Crippen LogP contribution in [-0.4, -0.2) is 126 Å². The van der Waals surface area contributed by atoms with E-state index in [4.69, 9.17) is 19.5 Å². The Kier molecular flexibility index (Phi) is 22.9. The van der Waals surface area contributed by atoms with Crippen molar-refractivity contribution in [1.82, 2.24) is 19.8 Å². The fourth-order valence-corrected chi connectivity index (χ4v) is 5.77. The third kappa shape index (κ3) is 19.9. The van der Waals surface area contributed by atoms with E-state index in [1.807, 2.05) is 28.8 Å². The third-order valence-electron chi connectivity index (χ3n) is 6.75. The van der Waals surface area contributed by atoms with Crippen LogP contribution in [0.4, 0.5) is 0 Å². The number of hydrogen-bond acceptors (Lipinski definition) is 12. The molecule has 0 saturated heterocycles. The number of rotatable bonds is 29. The molecule has 2 aromatic heterocycles. The van der Waals surface area contributed by atoms with Gasteiger partial charge >= 0.3 is 5.97 Å². The number of aliphatic hydroxyl groups excluding tert-OH is 1. The highest BCUT2D eigenvalue weighted by molar-refractivity contribution is 8.03. The van der Waals surface area contributed by atoms with Crippen LogP contribution in [0.3, 0.4) is 0 Å². The zero-order valence-corrected chi connectivity index (χ0v) is 28.3. The fourth-order valence-electron chi connectivity index (χ4n) is 4.39. The lowest BCUT2D eigenvalue weighted by Gasteiger charge is -2.22. The van der Waals surface area contributed by atoms with Crippen molar-refractivity contribution in [2.45, 2.75) is 38.8 Å². The minimum atomic E-state index is -1.05. The van der Waals surface area contributed by atoms with Gasteiger partial charge in [0.05, 0.1) is 45.3 Å². The maximum atomic E-state index is 11.5. The lowest BCUT2D eigenvalue weighted by molar-refractivity contribution is 0.0244. The van der Waals surface area contributed by atoms with Gasteiger partial charge in [0.1, 0.15) is 11.1 Å². The first kappa shape index (κ1) is 39.7. The molecule has 0 radical (unpaired) electrons. The minimum absolute atomic E-state index is 0.0165. The van der Waals surface area contributed by atoms with Crippen LogP contribution in [0.15, 0.2) is 41.2 Å². The fraction of sp³-hybridized carbons (Fsp3) is 0.625. The Morgan fingerprint density at radius 3 is 2.15 bits per heavy atom. The van der Waals surface area contributed by atoms with E-state index in [9.17, 15) is 19.8 Å². The van der Waals surface area contributed by atoms with Gasteiger partial charge in [-0.1, -0.05) is 18.6 Å². The maximum Gasteiger partial charge on any atom is 0.354 e. The molecule has 0 fully saturated rings. The number of H-pyrrole nitrogens is 1. The standard InChI is InChI=1S/C32H49N5O7S2/c33-27-46-23-3-1-2-22-45-24-6-16-42-17-13-37(25-28-7-4-9-30(34-28)32(40)41)14-19-44-21-20-43-18-12-36(11-15-38)26-29-8-5-10-31(39)35-29/h4-5,7-10,38H,1-3,6,11-26H2,(H,35,39)(H,40,41). The van der Waals surface area contributed by atoms with E-state index < -0.39 is 5.97 Å². The van der Waals surface area contributed by atoms with Crippen LogP contribution in [-0.2, 0) is 27.3 Å². The predicted molar refractivity (Wildman–Crippen MR) is 182 cm³/mol. The van der Waals surface area contributed by atoms with E-state index in [0.717, 1.165) is 35.8 Å². The molecule has 0 aliphatic heterocycles. The maximum absolute atomic E-state index is 11.5. The summed E-state index contributed by atoms with van der Waals surface area (Å²) in [7, 11) is 0. The number of thiocyanates is 1. The summed E-state index contributed by atoms with van der Waals surface area (Å²) in [6.45, 7) is 6.46. The first-order valence-electron chi connectivity index (χ1n) is 15.8. The Labute approximate surface area is 280 Å². The predicted octanol–water partition coefficient (Wildman–Crippen LogP) is 3.32. The molecule has 46 heavy (non-hydrogen) atoms. The molecule has 14 heteroatoms. The highest BCUT2D eigenvalue weighted by Gasteiger charge is 2.11. The molecule has 0 atom stereocenters. The van der Waals surface area contributed by atoms with Crippen molar-refractivity contribution in [3.05, 3.63) is 63.8 Å². The second-order valence-corrected chi connectivity index (χ2v) is 12.5. The van der Waals surface area contributed by atoms with Gasteiger partial charge in [0.15, 0.2) is 0 Å². The van der Waals surface area contributed by atoms with Gasteiger partial charge in [-0.15, -0.1) is 0 Å². The van der Waals surface area contributed by atoms with Crippen LogP contribution < -0.4 is 5.56 Å². The van der Waals surface area contributed by atoms with Crippen molar-refractivity contribution in [2.75, 3.05) is 89.7 Å². The normalized spacial score (nSPS) is 11.3. The Morgan fingerprint density at radius 1 is 0.826 bits per heavy atom. The summed E-state index contributed by atoms with van der Waals surface area (Å²) in [6, 6.07) is 10.0. The summed E-state index contributed by atoms with van der Waals surface area (Å²) in [5.74, 6) is 2.07. The van der Waals surface area contributed by atoms with E-state index in [0.29, 0.717) is 84.6 Å². The number of aromatic nitrogens is 2. The Morgan fingerprint density at radius 2 is 1.48 bits per heavy atom. The monoisotopic (exact) mass is 679 g/mol. The number of nitrogens with one attached hydrogen (secondary N) is 1. The minimum Gasteiger partial charge on any atom is -0.477 e. The van der Waals surface area contributed by atoms with Gasteiger partial charge in [0, 0.05) is 63.4 Å². The number of aromatic amines is 1. The summed E-state index contributed by atoms with van der Waals surface area (Å²) in [4.78, 5) is 34.1. The first-order chi connectivity index (χ1) is 22.5. The lowest BCUT2D eigenvalue weighted by Crippen LogP contribution is -2.32. The molecule has 0 aliphatic carbocycles. The SMILES string of the molecule is N#CSCCCCCSCCCOCCN(CCOCCOCCN(CCO)Cc1cccc(=O)[nH]1)Cc1cccc(C(=O)O)n1. The number of pyridine rings is 2. The summed E-state index contributed by atoms with van der Waals surface area (Å²) >= 11 is 3.27. The van der Waals surface area contributed by atoms with Crippen molar-refractivity contribution in [2.24, 2.45) is 0 Å². The zero-order chi connectivity index (χ0) is 33.1. The molecule has 0 amide bonds. The summed E-state index contributed by atoms with van der Waals surface area (Å²) < 4.78 is 17.4. The number of ether oxygens (including phenoxy) is 3. The number of nitrogens with zero attached hydrogens (tertiary/aromatic N) is 4. The highest BCUT2D eigenvalue weighted by atomic mass is 32.2. The van der Waals surface area contributed by atoms with Crippen molar-refractivity contribution < 1.29 is 29.2 Å². The van der Waals surface area contributed by atoms with Crippen LogP contribution in [0.25, 0.3) is 0 Å². The number of thioether (sulfide) groups is 2. The molecule has 0 bridgehead atoms. The number of carboxylic acid groups (broad SMARTS) is 1. The van der Waals surface area contributed by atoms with Crippen LogP contribution >= 0.6 is 23.5 Å². The second kappa shape index (κ2) is 26.6. The topological polar surface area (TPSA) is 161 Å². The van der Waals surface area contributed by atoms with E-state index in [1.54, 1.807) is 12.1 Å². The summed E-state index contributed by atoms with van der Waals surface area (Å²) in [5.41, 5.74) is 1.34. The number of carboxylic acids is 1. The zero-order valence-electron chi connectivity index (χ0n) is 26.6. The Bertz CT molecular complexity index is 1180. The Balaban J connectivity index is 1.64. The average molecular weight is 680 g/mol. The van der Waals surface area contributed by atoms with Crippen LogP contribution in [0.1, 0.15) is 47.6 Å². The van der Waals surface area contributed by atoms with Crippen molar-refractivity contribution in [3.63, 3.8) is 0 Å². The number of aliphatic hydroxyl groups is 1. The van der Waals surface area contributed by atoms with Crippen molar-refractivity contribution in [1.29, 1.82) is 5.26 Å². The lowest BCUT2D eigenvalue weighted by atomic mass is 10.3. The number of hydrogen-bond donors (Lipinski definition) is 3. The van der Waals surface area contributed by atoms with E-state index in [1.165, 1.54) is 36.7 Å². The van der Waals surface area contributed by atoms with Crippen molar-refractivity contribution >= 4 is 29.5 Å². The molecule has 0 aliphatic rings. The molecular weight excluding hydrogens is 631 g/mol. The smallest absolute Gasteiger partial charge is 0.354 e. The Hall–Kier alpha value is -2.48. The van der Waals surface area contributed by atoms with Gasteiger partial charge in [-0.25, -0.2) is 9.78 Å². The number of aromatic carboxylic acids is 1. The van der Waals surface area contributed by atoms with Gasteiger partial charge in [0.2, 0.25) is 5.56 Å². The molecular formula is C32H49N5O7S2. The van der Waals surface area contributed by atoms with Crippen LogP contribution in [0.5, 0.6) is 0 Å². The molecule has 0 saturated carbocycles.